The van der Waals surface area contributed by atoms with Crippen LogP contribution < -0.4 is 32.2 Å². The van der Waals surface area contributed by atoms with E-state index in [9.17, 15) is 24.0 Å². The number of unbranched alkanes of at least 4 members (excludes halogenated alkanes) is 1. The van der Waals surface area contributed by atoms with Crippen LogP contribution in [0.5, 0.6) is 5.75 Å². The fraction of sp³-hybridized carbons (Fsp3) is 0.393. The van der Waals surface area contributed by atoms with Crippen molar-refractivity contribution in [1.82, 2.24) is 16.0 Å². The van der Waals surface area contributed by atoms with Gasteiger partial charge in [0.2, 0.25) is 23.6 Å². The summed E-state index contributed by atoms with van der Waals surface area (Å²) in [7, 11) is 0. The van der Waals surface area contributed by atoms with E-state index in [4.69, 9.17) is 16.2 Å². The van der Waals surface area contributed by atoms with Gasteiger partial charge >= 0.3 is 5.97 Å². The number of nitrogens with one attached hydrogen (secondary N) is 3. The molecule has 2 aromatic carbocycles. The first-order valence-corrected chi connectivity index (χ1v) is 12.8. The van der Waals surface area contributed by atoms with Crippen LogP contribution in [0.15, 0.2) is 54.6 Å². The molecule has 7 N–H and O–H groups in total. The molecule has 2 rings (SSSR count). The molecule has 0 saturated heterocycles. The zero-order valence-electron chi connectivity index (χ0n) is 22.3. The molecule has 11 heteroatoms. The molecular formula is C28H37N5O6. The van der Waals surface area contributed by atoms with Crippen molar-refractivity contribution in [1.29, 1.82) is 0 Å². The normalized spacial score (nSPS) is 12.9. The quantitative estimate of drug-likeness (QED) is 0.161. The second-order valence-electron chi connectivity index (χ2n) is 9.18. The SMILES string of the molecule is CCCC[C@@H](NC(=O)[C@@H](N)Cc1ccc(OC(C)=O)cc1)C(=O)NCC(=O)N[C@@H](Cc1ccccc1)C(N)=O. The maximum absolute atomic E-state index is 12.8. The summed E-state index contributed by atoms with van der Waals surface area (Å²) in [6, 6.07) is 12.9. The Kier molecular flexibility index (Phi) is 12.6. The van der Waals surface area contributed by atoms with E-state index < -0.39 is 54.3 Å². The number of nitrogens with two attached hydrogens (primary N) is 2. The molecule has 0 aromatic heterocycles. The van der Waals surface area contributed by atoms with Gasteiger partial charge in [-0.05, 0) is 36.1 Å². The molecule has 3 atom stereocenters. The highest BCUT2D eigenvalue weighted by atomic mass is 16.5. The lowest BCUT2D eigenvalue weighted by molar-refractivity contribution is -0.132. The minimum atomic E-state index is -0.937. The summed E-state index contributed by atoms with van der Waals surface area (Å²) in [6.45, 7) is 2.86. The monoisotopic (exact) mass is 539 g/mol. The maximum Gasteiger partial charge on any atom is 0.308 e. The molecule has 210 valence electrons. The summed E-state index contributed by atoms with van der Waals surface area (Å²) >= 11 is 0. The standard InChI is InChI=1S/C28H37N5O6/c1-3-4-10-23(33-27(37)22(29)15-20-11-13-21(14-12-20)39-18(2)34)28(38)31-17-25(35)32-24(26(30)36)16-19-8-6-5-7-9-19/h5-9,11-14,22-24H,3-4,10,15-17,29H2,1-2H3,(H2,30,36)(H,31,38)(H,32,35)(H,33,37)/t22-,23+,24-/m0/s1. The molecule has 4 amide bonds. The zero-order chi connectivity index (χ0) is 28.8. The molecule has 39 heavy (non-hydrogen) atoms. The smallest absolute Gasteiger partial charge is 0.308 e. The third-order valence-electron chi connectivity index (χ3n) is 5.84. The Morgan fingerprint density at radius 3 is 2.08 bits per heavy atom. The lowest BCUT2D eigenvalue weighted by Crippen LogP contribution is -2.54. The van der Waals surface area contributed by atoms with Crippen molar-refractivity contribution in [3.05, 3.63) is 65.7 Å². The van der Waals surface area contributed by atoms with Crippen molar-refractivity contribution >= 4 is 29.6 Å². The largest absolute Gasteiger partial charge is 0.427 e. The van der Waals surface area contributed by atoms with Crippen molar-refractivity contribution in [3.63, 3.8) is 0 Å². The van der Waals surface area contributed by atoms with E-state index >= 15 is 0 Å². The summed E-state index contributed by atoms with van der Waals surface area (Å²) in [4.78, 5) is 60.9. The minimum absolute atomic E-state index is 0.201. The van der Waals surface area contributed by atoms with Gasteiger partial charge in [0.15, 0.2) is 0 Å². The third kappa shape index (κ3) is 11.3. The van der Waals surface area contributed by atoms with Crippen LogP contribution in [0, 0.1) is 0 Å². The van der Waals surface area contributed by atoms with E-state index in [-0.39, 0.29) is 12.8 Å². The van der Waals surface area contributed by atoms with Crippen molar-refractivity contribution in [3.8, 4) is 5.75 Å². The number of amides is 4. The lowest BCUT2D eigenvalue weighted by atomic mass is 10.0. The van der Waals surface area contributed by atoms with E-state index in [1.54, 1.807) is 24.3 Å². The second kappa shape index (κ2) is 15.9. The van der Waals surface area contributed by atoms with Gasteiger partial charge in [0.25, 0.3) is 0 Å². The number of benzene rings is 2. The van der Waals surface area contributed by atoms with E-state index in [0.717, 1.165) is 17.5 Å². The number of rotatable bonds is 15. The predicted octanol–water partition coefficient (Wildman–Crippen LogP) is 0.486. The highest BCUT2D eigenvalue weighted by molar-refractivity contribution is 5.93. The van der Waals surface area contributed by atoms with Gasteiger partial charge in [-0.15, -0.1) is 0 Å². The fourth-order valence-electron chi connectivity index (χ4n) is 3.77. The molecule has 0 spiro atoms. The van der Waals surface area contributed by atoms with Crippen LogP contribution in [-0.2, 0) is 36.8 Å². The van der Waals surface area contributed by atoms with Gasteiger partial charge in [0, 0.05) is 13.3 Å². The second-order valence-corrected chi connectivity index (χ2v) is 9.18. The van der Waals surface area contributed by atoms with E-state index in [1.807, 2.05) is 37.3 Å². The van der Waals surface area contributed by atoms with Crippen LogP contribution >= 0.6 is 0 Å². The number of carbonyl (C=O) groups excluding carboxylic acids is 5. The van der Waals surface area contributed by atoms with Gasteiger partial charge in [0.05, 0.1) is 12.6 Å². The summed E-state index contributed by atoms with van der Waals surface area (Å²) in [5.74, 6) is -2.39. The van der Waals surface area contributed by atoms with Crippen LogP contribution in [0.3, 0.4) is 0 Å². The molecule has 0 bridgehead atoms. The Morgan fingerprint density at radius 2 is 1.49 bits per heavy atom. The Balaban J connectivity index is 1.91. The molecule has 0 aliphatic heterocycles. The van der Waals surface area contributed by atoms with Crippen molar-refractivity contribution < 1.29 is 28.7 Å². The van der Waals surface area contributed by atoms with Gasteiger partial charge in [-0.1, -0.05) is 62.2 Å². The van der Waals surface area contributed by atoms with Crippen molar-refractivity contribution in [2.45, 2.75) is 64.1 Å². The molecule has 0 aliphatic carbocycles. The number of primary amides is 1. The first-order valence-electron chi connectivity index (χ1n) is 12.8. The number of hydrogen-bond donors (Lipinski definition) is 5. The number of hydrogen-bond acceptors (Lipinski definition) is 7. The Labute approximate surface area is 228 Å². The van der Waals surface area contributed by atoms with Gasteiger partial charge < -0.3 is 32.2 Å². The van der Waals surface area contributed by atoms with Crippen LogP contribution in [-0.4, -0.2) is 54.3 Å². The van der Waals surface area contributed by atoms with Crippen molar-refractivity contribution in [2.24, 2.45) is 11.5 Å². The fourth-order valence-corrected chi connectivity index (χ4v) is 3.77. The van der Waals surface area contributed by atoms with E-state index in [2.05, 4.69) is 16.0 Å². The zero-order valence-corrected chi connectivity index (χ0v) is 22.3. The van der Waals surface area contributed by atoms with Crippen LogP contribution in [0.25, 0.3) is 0 Å². The number of ether oxygens (including phenoxy) is 1. The van der Waals surface area contributed by atoms with E-state index in [0.29, 0.717) is 18.6 Å². The summed E-state index contributed by atoms with van der Waals surface area (Å²) < 4.78 is 4.99. The predicted molar refractivity (Wildman–Crippen MR) is 145 cm³/mol. The molecule has 11 nitrogen and oxygen atoms in total. The van der Waals surface area contributed by atoms with Crippen molar-refractivity contribution in [2.75, 3.05) is 6.54 Å². The van der Waals surface area contributed by atoms with Gasteiger partial charge in [-0.2, -0.15) is 0 Å². The molecule has 0 aliphatic rings. The average Bonchev–Trinajstić information content (AvgIpc) is 2.90. The average molecular weight is 540 g/mol. The number of esters is 1. The Hall–Kier alpha value is -4.25. The minimum Gasteiger partial charge on any atom is -0.427 e. The lowest BCUT2D eigenvalue weighted by Gasteiger charge is -2.21. The maximum atomic E-state index is 12.8. The first kappa shape index (κ1) is 31.0. The topological polar surface area (TPSA) is 183 Å². The van der Waals surface area contributed by atoms with E-state index in [1.165, 1.54) is 6.92 Å². The van der Waals surface area contributed by atoms with Crippen LogP contribution in [0.2, 0.25) is 0 Å². The molecule has 0 radical (unpaired) electrons. The molecule has 0 heterocycles. The van der Waals surface area contributed by atoms with Gasteiger partial charge in [0.1, 0.15) is 17.8 Å². The molecule has 2 aromatic rings. The van der Waals surface area contributed by atoms with Crippen LogP contribution in [0.1, 0.15) is 44.2 Å². The van der Waals surface area contributed by atoms with Crippen LogP contribution in [0.4, 0.5) is 0 Å². The Bertz CT molecular complexity index is 1120. The molecule has 0 fully saturated rings. The molecule has 0 saturated carbocycles. The molecular weight excluding hydrogens is 502 g/mol. The van der Waals surface area contributed by atoms with Gasteiger partial charge in [-0.3, -0.25) is 24.0 Å². The molecule has 0 unspecified atom stereocenters. The number of carbonyl (C=O) groups is 5. The highest BCUT2D eigenvalue weighted by Gasteiger charge is 2.25. The van der Waals surface area contributed by atoms with Gasteiger partial charge in [-0.25, -0.2) is 0 Å². The Morgan fingerprint density at radius 1 is 0.846 bits per heavy atom. The summed E-state index contributed by atoms with van der Waals surface area (Å²) in [5.41, 5.74) is 13.1. The summed E-state index contributed by atoms with van der Waals surface area (Å²) in [5, 5.41) is 7.73. The highest BCUT2D eigenvalue weighted by Crippen LogP contribution is 2.13. The first-order chi connectivity index (χ1) is 18.6. The summed E-state index contributed by atoms with van der Waals surface area (Å²) in [6.07, 6.45) is 2.23. The third-order valence-corrected chi connectivity index (χ3v) is 5.84.